The number of hydrogen-bond donors (Lipinski definition) is 0. The molecule has 2 aromatic carbocycles. The highest BCUT2D eigenvalue weighted by atomic mass is 16.6. The number of carbonyl (C=O) groups excluding carboxylic acids is 1. The number of rotatable bonds is 1. The second-order valence-electron chi connectivity index (χ2n) is 6.75. The van der Waals surface area contributed by atoms with Gasteiger partial charge in [-0.05, 0) is 50.9 Å². The molecule has 0 spiro atoms. The molecule has 5 rings (SSSR count). The molecule has 130 valence electrons. The SMILES string of the molecule is O=C(OC1=CCc2c(ccc3c4c(ccc23)=CC=C4)=C1)N1CCOCC1. The average Bonchev–Trinajstić information content (AvgIpc) is 3.17. The molecule has 1 saturated heterocycles. The topological polar surface area (TPSA) is 38.8 Å². The van der Waals surface area contributed by atoms with Crippen LogP contribution < -0.4 is 10.4 Å². The maximum absolute atomic E-state index is 12.3. The number of allylic oxidation sites excluding steroid dienone is 3. The quantitative estimate of drug-likeness (QED) is 0.796. The van der Waals surface area contributed by atoms with Crippen LogP contribution in [-0.2, 0) is 15.9 Å². The van der Waals surface area contributed by atoms with Crippen LogP contribution in [0.25, 0.3) is 29.0 Å². The fourth-order valence-corrected chi connectivity index (χ4v) is 3.86. The van der Waals surface area contributed by atoms with E-state index in [4.69, 9.17) is 9.47 Å². The van der Waals surface area contributed by atoms with E-state index < -0.39 is 0 Å². The van der Waals surface area contributed by atoms with E-state index in [1.807, 2.05) is 12.2 Å². The Kier molecular flexibility index (Phi) is 3.64. The molecule has 0 bridgehead atoms. The highest BCUT2D eigenvalue weighted by Gasteiger charge is 2.20. The average molecular weight is 345 g/mol. The molecular formula is C22H19NO3. The molecule has 4 nitrogen and oxygen atoms in total. The Morgan fingerprint density at radius 3 is 2.73 bits per heavy atom. The van der Waals surface area contributed by atoms with Crippen molar-refractivity contribution in [1.29, 1.82) is 0 Å². The van der Waals surface area contributed by atoms with Gasteiger partial charge < -0.3 is 14.4 Å². The Morgan fingerprint density at radius 2 is 1.85 bits per heavy atom. The van der Waals surface area contributed by atoms with Crippen molar-refractivity contribution in [2.24, 2.45) is 0 Å². The predicted molar refractivity (Wildman–Crippen MR) is 102 cm³/mol. The van der Waals surface area contributed by atoms with E-state index in [1.54, 1.807) is 4.90 Å². The van der Waals surface area contributed by atoms with E-state index in [0.29, 0.717) is 32.1 Å². The van der Waals surface area contributed by atoms with E-state index in [-0.39, 0.29) is 6.09 Å². The second kappa shape index (κ2) is 6.15. The van der Waals surface area contributed by atoms with Crippen molar-refractivity contribution in [2.75, 3.05) is 26.3 Å². The largest absolute Gasteiger partial charge is 0.415 e. The van der Waals surface area contributed by atoms with Gasteiger partial charge >= 0.3 is 6.09 Å². The van der Waals surface area contributed by atoms with Crippen molar-refractivity contribution >= 4 is 35.1 Å². The molecular weight excluding hydrogens is 326 g/mol. The lowest BCUT2D eigenvalue weighted by atomic mass is 9.94. The van der Waals surface area contributed by atoms with Crippen LogP contribution >= 0.6 is 0 Å². The summed E-state index contributed by atoms with van der Waals surface area (Å²) < 4.78 is 10.9. The number of ether oxygens (including phenoxy) is 2. The number of benzene rings is 2. The van der Waals surface area contributed by atoms with Crippen molar-refractivity contribution in [3.8, 4) is 0 Å². The van der Waals surface area contributed by atoms with Gasteiger partial charge in [0.2, 0.25) is 0 Å². The zero-order chi connectivity index (χ0) is 17.5. The van der Waals surface area contributed by atoms with Crippen LogP contribution in [-0.4, -0.2) is 37.3 Å². The first-order valence-electron chi connectivity index (χ1n) is 8.99. The number of morpholine rings is 1. The van der Waals surface area contributed by atoms with Gasteiger partial charge in [-0.1, -0.05) is 42.5 Å². The van der Waals surface area contributed by atoms with Gasteiger partial charge in [-0.15, -0.1) is 0 Å². The zero-order valence-corrected chi connectivity index (χ0v) is 14.4. The summed E-state index contributed by atoms with van der Waals surface area (Å²) >= 11 is 0. The second-order valence-corrected chi connectivity index (χ2v) is 6.75. The predicted octanol–water partition coefficient (Wildman–Crippen LogP) is 2.34. The Hall–Kier alpha value is -2.85. The van der Waals surface area contributed by atoms with Gasteiger partial charge in [-0.2, -0.15) is 0 Å². The minimum absolute atomic E-state index is 0.293. The number of carbonyl (C=O) groups is 1. The van der Waals surface area contributed by atoms with Gasteiger partial charge in [0.25, 0.3) is 0 Å². The highest BCUT2D eigenvalue weighted by Crippen LogP contribution is 2.23. The molecule has 0 saturated carbocycles. The van der Waals surface area contributed by atoms with Crippen LogP contribution in [0.3, 0.4) is 0 Å². The molecule has 0 N–H and O–H groups in total. The molecule has 2 aromatic rings. The molecule has 1 amide bonds. The van der Waals surface area contributed by atoms with Crippen molar-refractivity contribution in [1.82, 2.24) is 4.90 Å². The minimum Gasteiger partial charge on any atom is -0.411 e. The summed E-state index contributed by atoms with van der Waals surface area (Å²) in [7, 11) is 0. The van der Waals surface area contributed by atoms with Crippen LogP contribution in [0.1, 0.15) is 11.1 Å². The fourth-order valence-electron chi connectivity index (χ4n) is 3.86. The molecule has 0 aromatic heterocycles. The summed E-state index contributed by atoms with van der Waals surface area (Å²) in [6.07, 6.45) is 10.8. The van der Waals surface area contributed by atoms with Gasteiger partial charge in [0.15, 0.2) is 0 Å². The van der Waals surface area contributed by atoms with Gasteiger partial charge in [0.05, 0.1) is 13.2 Å². The van der Waals surface area contributed by atoms with E-state index in [2.05, 4.69) is 42.5 Å². The standard InChI is InChI=1S/C22H19NO3/c24-22(23-10-12-25-13-11-23)26-17-6-9-19-16(14-17)5-8-20-18-3-1-2-15(18)4-7-21(19)20/h1-8,14H,9-13H2. The summed E-state index contributed by atoms with van der Waals surface area (Å²) in [5, 5.41) is 4.94. The number of amides is 1. The molecule has 2 aliphatic carbocycles. The van der Waals surface area contributed by atoms with Gasteiger partial charge in [-0.25, -0.2) is 4.79 Å². The maximum Gasteiger partial charge on any atom is 0.415 e. The normalized spacial score (nSPS) is 17.8. The van der Waals surface area contributed by atoms with Gasteiger partial charge in [0, 0.05) is 13.1 Å². The molecule has 1 fully saturated rings. The van der Waals surface area contributed by atoms with Crippen molar-refractivity contribution in [2.45, 2.75) is 6.42 Å². The molecule has 0 unspecified atom stereocenters. The summed E-state index contributed by atoms with van der Waals surface area (Å²) in [4.78, 5) is 14.0. The van der Waals surface area contributed by atoms with E-state index in [9.17, 15) is 4.79 Å². The lowest BCUT2D eigenvalue weighted by molar-refractivity contribution is 0.0360. The Labute approximate surface area is 151 Å². The van der Waals surface area contributed by atoms with E-state index in [1.165, 1.54) is 27.1 Å². The third-order valence-corrected chi connectivity index (χ3v) is 5.24. The molecule has 1 heterocycles. The summed E-state index contributed by atoms with van der Waals surface area (Å²) in [5.74, 6) is 0.628. The Morgan fingerprint density at radius 1 is 1.04 bits per heavy atom. The Bertz CT molecular complexity index is 1090. The fraction of sp³-hybridized carbons (Fsp3) is 0.227. The molecule has 3 aliphatic rings. The van der Waals surface area contributed by atoms with Crippen LogP contribution in [0.15, 0.2) is 42.2 Å². The minimum atomic E-state index is -0.293. The maximum atomic E-state index is 12.3. The molecule has 0 radical (unpaired) electrons. The third kappa shape index (κ3) is 2.54. The van der Waals surface area contributed by atoms with Crippen LogP contribution in [0.5, 0.6) is 0 Å². The number of hydrogen-bond acceptors (Lipinski definition) is 3. The first-order valence-corrected chi connectivity index (χ1v) is 8.99. The number of fused-ring (bicyclic) bond motifs is 5. The summed E-state index contributed by atoms with van der Waals surface area (Å²) in [6, 6.07) is 8.66. The zero-order valence-electron chi connectivity index (χ0n) is 14.4. The van der Waals surface area contributed by atoms with Crippen molar-refractivity contribution < 1.29 is 14.3 Å². The van der Waals surface area contributed by atoms with Crippen molar-refractivity contribution in [3.63, 3.8) is 0 Å². The monoisotopic (exact) mass is 345 g/mol. The van der Waals surface area contributed by atoms with E-state index in [0.717, 1.165) is 11.6 Å². The molecule has 4 heteroatoms. The van der Waals surface area contributed by atoms with Gasteiger partial charge in [-0.3, -0.25) is 0 Å². The first kappa shape index (κ1) is 15.4. The van der Waals surface area contributed by atoms with Crippen molar-refractivity contribution in [3.05, 3.63) is 63.7 Å². The van der Waals surface area contributed by atoms with Crippen LogP contribution in [0.2, 0.25) is 0 Å². The van der Waals surface area contributed by atoms with Gasteiger partial charge in [0.1, 0.15) is 5.76 Å². The molecule has 0 atom stereocenters. The van der Waals surface area contributed by atoms with E-state index >= 15 is 0 Å². The lowest BCUT2D eigenvalue weighted by Crippen LogP contribution is -2.41. The molecule has 26 heavy (non-hydrogen) atoms. The Balaban J connectivity index is 1.47. The summed E-state index contributed by atoms with van der Waals surface area (Å²) in [5.41, 5.74) is 2.58. The number of nitrogens with zero attached hydrogens (tertiary/aromatic N) is 1. The highest BCUT2D eigenvalue weighted by molar-refractivity contribution is 5.96. The first-order chi connectivity index (χ1) is 12.8. The third-order valence-electron chi connectivity index (χ3n) is 5.24. The summed E-state index contributed by atoms with van der Waals surface area (Å²) in [6.45, 7) is 2.32. The van der Waals surface area contributed by atoms with Crippen LogP contribution in [0, 0.1) is 0 Å². The lowest BCUT2D eigenvalue weighted by Gasteiger charge is -2.26. The smallest absolute Gasteiger partial charge is 0.411 e. The molecule has 1 aliphatic heterocycles. The van der Waals surface area contributed by atoms with Crippen LogP contribution in [0.4, 0.5) is 4.79 Å².